The Morgan fingerprint density at radius 2 is 1.89 bits per heavy atom. The molecule has 4 aromatic rings. The van der Waals surface area contributed by atoms with Crippen LogP contribution in [-0.2, 0) is 6.42 Å². The SMILES string of the molecule is COc1ccc(-n2cc(-c3ccnc(NCCc4cnccn4)n3)cn2)cc1. The highest BCUT2D eigenvalue weighted by Crippen LogP contribution is 2.20. The van der Waals surface area contributed by atoms with Gasteiger partial charge in [0.1, 0.15) is 5.75 Å². The summed E-state index contributed by atoms with van der Waals surface area (Å²) in [6.45, 7) is 0.674. The van der Waals surface area contributed by atoms with Crippen LogP contribution in [0, 0.1) is 0 Å². The standard InChI is InChI=1S/C20H19N7O/c1-28-18-4-2-17(3-5-18)27-14-15(12-25-27)19-7-9-24-20(26-19)23-8-6-16-13-21-10-11-22-16/h2-5,7,9-14H,6,8H2,1H3,(H,23,24,26). The average Bonchev–Trinajstić information content (AvgIpc) is 3.25. The number of anilines is 1. The van der Waals surface area contributed by atoms with Gasteiger partial charge in [0.15, 0.2) is 0 Å². The molecule has 1 N–H and O–H groups in total. The number of aromatic nitrogens is 6. The van der Waals surface area contributed by atoms with Crippen LogP contribution in [0.15, 0.2) is 67.5 Å². The molecule has 0 spiro atoms. The van der Waals surface area contributed by atoms with Gasteiger partial charge in [0, 0.05) is 49.5 Å². The molecule has 0 atom stereocenters. The number of benzene rings is 1. The van der Waals surface area contributed by atoms with Crippen molar-refractivity contribution in [3.63, 3.8) is 0 Å². The van der Waals surface area contributed by atoms with E-state index in [9.17, 15) is 0 Å². The Kier molecular flexibility index (Phi) is 5.19. The van der Waals surface area contributed by atoms with Gasteiger partial charge in [-0.25, -0.2) is 14.6 Å². The van der Waals surface area contributed by atoms with Crippen LogP contribution >= 0.6 is 0 Å². The summed E-state index contributed by atoms with van der Waals surface area (Å²) in [7, 11) is 1.65. The third-order valence-corrected chi connectivity index (χ3v) is 4.15. The van der Waals surface area contributed by atoms with Crippen LogP contribution in [0.2, 0.25) is 0 Å². The molecule has 1 aromatic carbocycles. The summed E-state index contributed by atoms with van der Waals surface area (Å²) >= 11 is 0. The number of nitrogens with zero attached hydrogens (tertiary/aromatic N) is 6. The highest BCUT2D eigenvalue weighted by atomic mass is 16.5. The molecule has 0 amide bonds. The van der Waals surface area contributed by atoms with Gasteiger partial charge in [-0.3, -0.25) is 9.97 Å². The van der Waals surface area contributed by atoms with Crippen LogP contribution in [0.4, 0.5) is 5.95 Å². The van der Waals surface area contributed by atoms with Crippen LogP contribution in [0.5, 0.6) is 5.75 Å². The fourth-order valence-corrected chi connectivity index (χ4v) is 2.70. The normalized spacial score (nSPS) is 10.6. The average molecular weight is 373 g/mol. The molecule has 4 rings (SSSR count). The van der Waals surface area contributed by atoms with Gasteiger partial charge >= 0.3 is 0 Å². The summed E-state index contributed by atoms with van der Waals surface area (Å²) in [6.07, 6.45) is 11.3. The Morgan fingerprint density at radius 1 is 1.00 bits per heavy atom. The molecule has 0 aliphatic rings. The summed E-state index contributed by atoms with van der Waals surface area (Å²) < 4.78 is 7.00. The minimum Gasteiger partial charge on any atom is -0.497 e. The van der Waals surface area contributed by atoms with Crippen LogP contribution in [0.25, 0.3) is 16.9 Å². The Balaban J connectivity index is 1.44. The zero-order valence-corrected chi connectivity index (χ0v) is 15.4. The van der Waals surface area contributed by atoms with Gasteiger partial charge in [-0.15, -0.1) is 0 Å². The van der Waals surface area contributed by atoms with E-state index in [-0.39, 0.29) is 0 Å². The number of rotatable bonds is 7. The zero-order chi connectivity index (χ0) is 19.2. The molecule has 8 nitrogen and oxygen atoms in total. The van der Waals surface area contributed by atoms with Gasteiger partial charge < -0.3 is 10.1 Å². The Bertz CT molecular complexity index is 1030. The number of hydrogen-bond donors (Lipinski definition) is 1. The van der Waals surface area contributed by atoms with Crippen molar-refractivity contribution in [2.75, 3.05) is 19.0 Å². The molecule has 3 heterocycles. The van der Waals surface area contributed by atoms with E-state index in [1.165, 1.54) is 0 Å². The minimum atomic E-state index is 0.568. The first-order chi connectivity index (χ1) is 13.8. The van der Waals surface area contributed by atoms with Crippen LogP contribution in [-0.4, -0.2) is 43.4 Å². The van der Waals surface area contributed by atoms with E-state index < -0.39 is 0 Å². The summed E-state index contributed by atoms with van der Waals surface area (Å²) in [6, 6.07) is 9.58. The summed E-state index contributed by atoms with van der Waals surface area (Å²) in [5, 5.41) is 7.65. The van der Waals surface area contributed by atoms with Crippen molar-refractivity contribution in [2.45, 2.75) is 6.42 Å². The third kappa shape index (κ3) is 4.12. The maximum Gasteiger partial charge on any atom is 0.223 e. The van der Waals surface area contributed by atoms with E-state index >= 15 is 0 Å². The van der Waals surface area contributed by atoms with Crippen LogP contribution in [0.1, 0.15) is 5.69 Å². The van der Waals surface area contributed by atoms with E-state index in [0.29, 0.717) is 12.5 Å². The number of ether oxygens (including phenoxy) is 1. The molecular weight excluding hydrogens is 354 g/mol. The van der Waals surface area contributed by atoms with E-state index in [0.717, 1.165) is 34.8 Å². The molecule has 0 unspecified atom stereocenters. The second-order valence-corrected chi connectivity index (χ2v) is 6.01. The number of hydrogen-bond acceptors (Lipinski definition) is 7. The molecule has 0 saturated heterocycles. The lowest BCUT2D eigenvalue weighted by molar-refractivity contribution is 0.414. The van der Waals surface area contributed by atoms with Crippen molar-refractivity contribution in [3.8, 4) is 22.7 Å². The van der Waals surface area contributed by atoms with Crippen molar-refractivity contribution in [1.29, 1.82) is 0 Å². The van der Waals surface area contributed by atoms with Gasteiger partial charge in [0.2, 0.25) is 5.95 Å². The maximum atomic E-state index is 5.19. The van der Waals surface area contributed by atoms with Crippen molar-refractivity contribution in [3.05, 3.63) is 73.2 Å². The van der Waals surface area contributed by atoms with Gasteiger partial charge in [-0.05, 0) is 30.3 Å². The van der Waals surface area contributed by atoms with Crippen LogP contribution in [0.3, 0.4) is 0 Å². The largest absolute Gasteiger partial charge is 0.497 e. The predicted octanol–water partition coefficient (Wildman–Crippen LogP) is 2.78. The second-order valence-electron chi connectivity index (χ2n) is 6.01. The topological polar surface area (TPSA) is 90.6 Å². The van der Waals surface area contributed by atoms with Gasteiger partial charge in [-0.1, -0.05) is 0 Å². The molecule has 0 aliphatic carbocycles. The second kappa shape index (κ2) is 8.26. The molecule has 3 aromatic heterocycles. The van der Waals surface area contributed by atoms with Gasteiger partial charge in [-0.2, -0.15) is 5.10 Å². The van der Waals surface area contributed by atoms with Gasteiger partial charge in [0.25, 0.3) is 0 Å². The van der Waals surface area contributed by atoms with Crippen LogP contribution < -0.4 is 10.1 Å². The highest BCUT2D eigenvalue weighted by molar-refractivity contribution is 5.58. The monoisotopic (exact) mass is 373 g/mol. The molecule has 0 bridgehead atoms. The number of nitrogens with one attached hydrogen (secondary N) is 1. The molecule has 0 radical (unpaired) electrons. The quantitative estimate of drug-likeness (QED) is 0.533. The number of methoxy groups -OCH3 is 1. The first kappa shape index (κ1) is 17.6. The fourth-order valence-electron chi connectivity index (χ4n) is 2.70. The molecule has 8 heteroatoms. The predicted molar refractivity (Wildman–Crippen MR) is 105 cm³/mol. The summed E-state index contributed by atoms with van der Waals surface area (Å²) in [5.41, 5.74) is 3.59. The molecule has 140 valence electrons. The third-order valence-electron chi connectivity index (χ3n) is 4.15. The van der Waals surface area contributed by atoms with Crippen molar-refractivity contribution in [1.82, 2.24) is 29.7 Å². The minimum absolute atomic E-state index is 0.568. The lowest BCUT2D eigenvalue weighted by atomic mass is 10.2. The lowest BCUT2D eigenvalue weighted by Crippen LogP contribution is -2.09. The Morgan fingerprint density at radius 3 is 2.68 bits per heavy atom. The fraction of sp³-hybridized carbons (Fsp3) is 0.150. The maximum absolute atomic E-state index is 5.19. The van der Waals surface area contributed by atoms with Crippen molar-refractivity contribution >= 4 is 5.95 Å². The van der Waals surface area contributed by atoms with E-state index in [2.05, 4.69) is 30.4 Å². The van der Waals surface area contributed by atoms with E-state index in [1.807, 2.05) is 36.5 Å². The molecule has 0 saturated carbocycles. The van der Waals surface area contributed by atoms with E-state index in [1.54, 1.807) is 42.8 Å². The summed E-state index contributed by atoms with van der Waals surface area (Å²) in [5.74, 6) is 1.38. The first-order valence-electron chi connectivity index (χ1n) is 8.83. The Labute approximate surface area is 162 Å². The zero-order valence-electron chi connectivity index (χ0n) is 15.4. The Hall–Kier alpha value is -3.81. The highest BCUT2D eigenvalue weighted by Gasteiger charge is 2.07. The van der Waals surface area contributed by atoms with Gasteiger partial charge in [0.05, 0.1) is 30.4 Å². The molecule has 28 heavy (non-hydrogen) atoms. The molecule has 0 aliphatic heterocycles. The summed E-state index contributed by atoms with van der Waals surface area (Å²) in [4.78, 5) is 17.2. The lowest BCUT2D eigenvalue weighted by Gasteiger charge is -2.05. The first-order valence-corrected chi connectivity index (χ1v) is 8.83. The molecule has 0 fully saturated rings. The van der Waals surface area contributed by atoms with Crippen molar-refractivity contribution < 1.29 is 4.74 Å². The van der Waals surface area contributed by atoms with E-state index in [4.69, 9.17) is 4.74 Å². The van der Waals surface area contributed by atoms with Crippen molar-refractivity contribution in [2.24, 2.45) is 0 Å². The smallest absolute Gasteiger partial charge is 0.223 e. The molecular formula is C20H19N7O.